The molecule has 3 atom stereocenters. The molecule has 208 valence electrons. The summed E-state index contributed by atoms with van der Waals surface area (Å²) in [5.41, 5.74) is -0.354. The van der Waals surface area contributed by atoms with Gasteiger partial charge in [-0.15, -0.1) is 0 Å². The molecule has 1 aliphatic heterocycles. The van der Waals surface area contributed by atoms with Crippen molar-refractivity contribution >= 4 is 23.5 Å². The number of likely N-dealkylation sites (tertiary alicyclic amines) is 1. The average Bonchev–Trinajstić information content (AvgIpc) is 2.91. The number of nitrogens with zero attached hydrogens (tertiary/aromatic N) is 1. The Bertz CT molecular complexity index is 863. The summed E-state index contributed by atoms with van der Waals surface area (Å²) in [4.78, 5) is 27.0. The van der Waals surface area contributed by atoms with E-state index in [1.807, 2.05) is 43.1 Å². The van der Waals surface area contributed by atoms with Gasteiger partial charge in [-0.1, -0.05) is 62.8 Å². The van der Waals surface area contributed by atoms with E-state index >= 15 is 0 Å². The van der Waals surface area contributed by atoms with Gasteiger partial charge in [0.25, 0.3) is 0 Å². The number of piperidine rings is 1. The van der Waals surface area contributed by atoms with Crippen molar-refractivity contribution in [3.8, 4) is 0 Å². The molecule has 0 bridgehead atoms. The van der Waals surface area contributed by atoms with Gasteiger partial charge in [-0.2, -0.15) is 0 Å². The number of benzene rings is 1. The molecule has 0 aromatic heterocycles. The molecule has 4 N–H and O–H groups in total. The molecule has 37 heavy (non-hydrogen) atoms. The lowest BCUT2D eigenvalue weighted by molar-refractivity contribution is -0.120. The van der Waals surface area contributed by atoms with Crippen LogP contribution in [0.25, 0.3) is 0 Å². The number of rotatable bonds is 12. The maximum absolute atomic E-state index is 13.4. The van der Waals surface area contributed by atoms with Crippen LogP contribution in [-0.2, 0) is 10.4 Å². The third-order valence-corrected chi connectivity index (χ3v) is 8.44. The summed E-state index contributed by atoms with van der Waals surface area (Å²) in [6.45, 7) is 4.28. The predicted octanol–water partition coefficient (Wildman–Crippen LogP) is 4.81. The molecule has 0 radical (unpaired) electrons. The van der Waals surface area contributed by atoms with E-state index < -0.39 is 5.60 Å². The van der Waals surface area contributed by atoms with Crippen molar-refractivity contribution in [2.75, 3.05) is 33.2 Å². The summed E-state index contributed by atoms with van der Waals surface area (Å²) in [5.74, 6) is 0.576. The number of aliphatic hydroxyl groups is 1. The minimum absolute atomic E-state index is 0.0103. The Morgan fingerprint density at radius 3 is 2.68 bits per heavy atom. The second-order valence-corrected chi connectivity index (χ2v) is 11.4. The Labute approximate surface area is 228 Å². The first kappa shape index (κ1) is 29.7. The Hall–Kier alpha value is -1.83. The summed E-state index contributed by atoms with van der Waals surface area (Å²) in [5, 5.41) is 22.1. The van der Waals surface area contributed by atoms with Gasteiger partial charge in [0, 0.05) is 49.6 Å². The van der Waals surface area contributed by atoms with Crippen LogP contribution in [0.2, 0.25) is 5.02 Å². The normalized spacial score (nSPS) is 21.2. The highest BCUT2D eigenvalue weighted by Crippen LogP contribution is 2.40. The van der Waals surface area contributed by atoms with Gasteiger partial charge in [0.2, 0.25) is 5.91 Å². The van der Waals surface area contributed by atoms with Gasteiger partial charge in [0.15, 0.2) is 0 Å². The second-order valence-electron chi connectivity index (χ2n) is 11.0. The zero-order chi connectivity index (χ0) is 26.7. The summed E-state index contributed by atoms with van der Waals surface area (Å²) in [6.07, 6.45) is 10.7. The number of nitrogens with one attached hydrogen (secondary N) is 3. The molecular formula is C29H47ClN4O3. The first-order valence-electron chi connectivity index (χ1n) is 14.3. The summed E-state index contributed by atoms with van der Waals surface area (Å²) < 4.78 is 0. The molecule has 3 amide bonds. The zero-order valence-corrected chi connectivity index (χ0v) is 23.5. The van der Waals surface area contributed by atoms with Gasteiger partial charge in [-0.3, -0.25) is 4.79 Å². The third-order valence-electron chi connectivity index (χ3n) is 8.21. The molecule has 1 aromatic carbocycles. The fourth-order valence-corrected chi connectivity index (χ4v) is 6.33. The summed E-state index contributed by atoms with van der Waals surface area (Å²) >= 11 is 6.31. The van der Waals surface area contributed by atoms with Crippen LogP contribution in [0.5, 0.6) is 0 Å². The Morgan fingerprint density at radius 2 is 1.97 bits per heavy atom. The first-order chi connectivity index (χ1) is 17.9. The molecule has 1 saturated carbocycles. The van der Waals surface area contributed by atoms with Crippen molar-refractivity contribution in [2.24, 2.45) is 11.8 Å². The standard InChI is InChI=1S/C29H47ClN4O3/c1-3-27(35)32-16-9-15-29(37,23-12-7-14-25(30)19-23)24-13-8-17-34(21-24)28(36)33-26(20-31-2)18-22-10-5-4-6-11-22/h7,12,14,19,22,24,26,31,37H,3-6,8-11,13,15-18,20-21H2,1-2H3,(H,32,35)(H,33,36)/t24?,26?,29-/m1/s1. The van der Waals surface area contributed by atoms with Crippen LogP contribution in [0.1, 0.15) is 83.1 Å². The fraction of sp³-hybridized carbons (Fsp3) is 0.724. The van der Waals surface area contributed by atoms with E-state index in [1.54, 1.807) is 0 Å². The highest BCUT2D eigenvalue weighted by molar-refractivity contribution is 6.30. The van der Waals surface area contributed by atoms with E-state index in [4.69, 9.17) is 11.6 Å². The second kappa shape index (κ2) is 14.9. The number of hydrogen-bond acceptors (Lipinski definition) is 4. The number of amides is 3. The Kier molecular flexibility index (Phi) is 12.0. The number of carbonyl (C=O) groups excluding carboxylic acids is 2. The van der Waals surface area contributed by atoms with Crippen LogP contribution in [0.4, 0.5) is 4.79 Å². The molecule has 2 unspecified atom stereocenters. The van der Waals surface area contributed by atoms with E-state index in [0.717, 1.165) is 31.4 Å². The molecule has 7 nitrogen and oxygen atoms in total. The van der Waals surface area contributed by atoms with Crippen LogP contribution in [0.3, 0.4) is 0 Å². The van der Waals surface area contributed by atoms with E-state index in [-0.39, 0.29) is 23.9 Å². The highest BCUT2D eigenvalue weighted by atomic mass is 35.5. The third kappa shape index (κ3) is 8.86. The maximum atomic E-state index is 13.4. The van der Waals surface area contributed by atoms with Crippen LogP contribution < -0.4 is 16.0 Å². The quantitative estimate of drug-likeness (QED) is 0.289. The summed E-state index contributed by atoms with van der Waals surface area (Å²) in [7, 11) is 1.94. The van der Waals surface area contributed by atoms with E-state index in [1.165, 1.54) is 32.1 Å². The van der Waals surface area contributed by atoms with E-state index in [0.29, 0.717) is 49.8 Å². The van der Waals surface area contributed by atoms with Gasteiger partial charge in [-0.25, -0.2) is 4.79 Å². The minimum Gasteiger partial charge on any atom is -0.385 e. The predicted molar refractivity (Wildman–Crippen MR) is 150 cm³/mol. The molecule has 1 aromatic rings. The van der Waals surface area contributed by atoms with Crippen molar-refractivity contribution in [3.63, 3.8) is 0 Å². The van der Waals surface area contributed by atoms with Crippen LogP contribution >= 0.6 is 11.6 Å². The van der Waals surface area contributed by atoms with Crippen molar-refractivity contribution in [3.05, 3.63) is 34.9 Å². The highest BCUT2D eigenvalue weighted by Gasteiger charge is 2.41. The van der Waals surface area contributed by atoms with Crippen LogP contribution in [-0.4, -0.2) is 61.2 Å². The zero-order valence-electron chi connectivity index (χ0n) is 22.7. The minimum atomic E-state index is -1.13. The molecule has 1 saturated heterocycles. The number of carbonyl (C=O) groups is 2. The molecule has 1 aliphatic carbocycles. The maximum Gasteiger partial charge on any atom is 0.317 e. The van der Waals surface area contributed by atoms with Crippen molar-refractivity contribution < 1.29 is 14.7 Å². The Morgan fingerprint density at radius 1 is 1.19 bits per heavy atom. The lowest BCUT2D eigenvalue weighted by Gasteiger charge is -2.43. The largest absolute Gasteiger partial charge is 0.385 e. The lowest BCUT2D eigenvalue weighted by atomic mass is 9.74. The van der Waals surface area contributed by atoms with Crippen molar-refractivity contribution in [1.82, 2.24) is 20.9 Å². The number of urea groups is 1. The number of halogens is 1. The van der Waals surface area contributed by atoms with Crippen LogP contribution in [0.15, 0.2) is 24.3 Å². The molecular weight excluding hydrogens is 488 g/mol. The van der Waals surface area contributed by atoms with Crippen LogP contribution in [0, 0.1) is 11.8 Å². The van der Waals surface area contributed by atoms with Crippen molar-refractivity contribution in [1.29, 1.82) is 0 Å². The molecule has 8 heteroatoms. The smallest absolute Gasteiger partial charge is 0.317 e. The lowest BCUT2D eigenvalue weighted by Crippen LogP contribution is -2.54. The fourth-order valence-electron chi connectivity index (χ4n) is 6.13. The molecule has 2 aliphatic rings. The van der Waals surface area contributed by atoms with Gasteiger partial charge in [0.05, 0.1) is 5.60 Å². The Balaban J connectivity index is 1.68. The summed E-state index contributed by atoms with van der Waals surface area (Å²) in [6, 6.07) is 7.49. The monoisotopic (exact) mass is 534 g/mol. The van der Waals surface area contributed by atoms with Gasteiger partial charge in [0.1, 0.15) is 0 Å². The first-order valence-corrected chi connectivity index (χ1v) is 14.7. The van der Waals surface area contributed by atoms with Gasteiger partial charge in [-0.05, 0) is 62.8 Å². The molecule has 1 heterocycles. The molecule has 3 rings (SSSR count). The van der Waals surface area contributed by atoms with Crippen molar-refractivity contribution in [2.45, 2.75) is 89.2 Å². The average molecular weight is 535 g/mol. The number of hydrogen-bond donors (Lipinski definition) is 4. The molecule has 0 spiro atoms. The van der Waals surface area contributed by atoms with E-state index in [9.17, 15) is 14.7 Å². The topological polar surface area (TPSA) is 93.7 Å². The SMILES string of the molecule is CCC(=O)NCCC[C@@](O)(c1cccc(Cl)c1)C1CCCN(C(=O)NC(CNC)CC2CCCCC2)C1. The van der Waals surface area contributed by atoms with Gasteiger partial charge >= 0.3 is 6.03 Å². The molecule has 2 fully saturated rings. The van der Waals surface area contributed by atoms with E-state index in [2.05, 4.69) is 16.0 Å². The number of likely N-dealkylation sites (N-methyl/N-ethyl adjacent to an activating group) is 1. The van der Waals surface area contributed by atoms with Gasteiger partial charge < -0.3 is 26.0 Å².